The highest BCUT2D eigenvalue weighted by Crippen LogP contribution is 2.44. The van der Waals surface area contributed by atoms with Crippen LogP contribution in [0.15, 0.2) is 64.3 Å². The van der Waals surface area contributed by atoms with Gasteiger partial charge in [-0.05, 0) is 43.0 Å². The summed E-state index contributed by atoms with van der Waals surface area (Å²) < 4.78 is 24.9. The van der Waals surface area contributed by atoms with E-state index in [0.717, 1.165) is 5.17 Å². The molecule has 2 heterocycles. The van der Waals surface area contributed by atoms with Crippen LogP contribution in [0.5, 0.6) is 5.75 Å². The summed E-state index contributed by atoms with van der Waals surface area (Å²) in [5, 5.41) is 3.14. The number of halogens is 3. The predicted molar refractivity (Wildman–Crippen MR) is 125 cm³/mol. The standard InChI is InChI=1S/C23H19Cl2FN2O3S/c1-3-30-22(29)19-13(2)27-23-28(8-9-32-23)20(19)15-10-16(24)21(17(25)11-15)31-12-14-6-4-5-7-18(14)26/h4-11,20H,3,12H2,1-2H3/t20-/m0/s1. The topological polar surface area (TPSA) is 51.1 Å². The molecule has 2 aliphatic heterocycles. The van der Waals surface area contributed by atoms with Crippen LogP contribution in [0.1, 0.15) is 31.0 Å². The van der Waals surface area contributed by atoms with Gasteiger partial charge in [0.25, 0.3) is 0 Å². The molecule has 0 N–H and O–H groups in total. The average molecular weight is 493 g/mol. The lowest BCUT2D eigenvalue weighted by atomic mass is 9.94. The number of fused-ring (bicyclic) bond motifs is 1. The van der Waals surface area contributed by atoms with Gasteiger partial charge < -0.3 is 14.4 Å². The first-order chi connectivity index (χ1) is 15.4. The van der Waals surface area contributed by atoms with E-state index >= 15 is 0 Å². The number of allylic oxidation sites excluding steroid dienone is 1. The lowest BCUT2D eigenvalue weighted by Gasteiger charge is -2.33. The van der Waals surface area contributed by atoms with Gasteiger partial charge in [-0.1, -0.05) is 53.2 Å². The predicted octanol–water partition coefficient (Wildman–Crippen LogP) is 6.48. The summed E-state index contributed by atoms with van der Waals surface area (Å²) in [7, 11) is 0. The van der Waals surface area contributed by atoms with Crippen molar-refractivity contribution < 1.29 is 18.7 Å². The Labute approximate surface area is 199 Å². The van der Waals surface area contributed by atoms with Gasteiger partial charge >= 0.3 is 5.97 Å². The first kappa shape index (κ1) is 22.7. The second-order valence-corrected chi connectivity index (χ2v) is 8.71. The van der Waals surface area contributed by atoms with E-state index in [2.05, 4.69) is 4.99 Å². The molecule has 166 valence electrons. The highest BCUT2D eigenvalue weighted by molar-refractivity contribution is 8.16. The maximum atomic E-state index is 13.9. The summed E-state index contributed by atoms with van der Waals surface area (Å²) >= 11 is 14.5. The third kappa shape index (κ3) is 4.37. The molecule has 0 fully saturated rings. The summed E-state index contributed by atoms with van der Waals surface area (Å²) in [4.78, 5) is 19.2. The minimum Gasteiger partial charge on any atom is -0.486 e. The summed E-state index contributed by atoms with van der Waals surface area (Å²) in [5.74, 6) is -0.576. The summed E-state index contributed by atoms with van der Waals surface area (Å²) in [5.41, 5.74) is 2.05. The number of amidine groups is 1. The zero-order chi connectivity index (χ0) is 22.8. The minimum atomic E-state index is -0.511. The van der Waals surface area contributed by atoms with Crippen molar-refractivity contribution in [1.82, 2.24) is 4.90 Å². The van der Waals surface area contributed by atoms with Gasteiger partial charge in [0.1, 0.15) is 12.4 Å². The Morgan fingerprint density at radius 2 is 1.97 bits per heavy atom. The van der Waals surface area contributed by atoms with Crippen molar-refractivity contribution >= 4 is 46.1 Å². The second-order valence-electron chi connectivity index (χ2n) is 7.02. The van der Waals surface area contributed by atoms with Gasteiger partial charge in [-0.2, -0.15) is 0 Å². The van der Waals surface area contributed by atoms with Gasteiger partial charge in [0.05, 0.1) is 34.0 Å². The van der Waals surface area contributed by atoms with E-state index in [9.17, 15) is 9.18 Å². The number of ether oxygens (including phenoxy) is 2. The van der Waals surface area contributed by atoms with Gasteiger partial charge in [0.2, 0.25) is 0 Å². The van der Waals surface area contributed by atoms with Crippen molar-refractivity contribution in [3.63, 3.8) is 0 Å². The van der Waals surface area contributed by atoms with Crippen molar-refractivity contribution in [3.05, 3.63) is 86.3 Å². The molecular weight excluding hydrogens is 474 g/mol. The van der Waals surface area contributed by atoms with Crippen molar-refractivity contribution in [3.8, 4) is 5.75 Å². The van der Waals surface area contributed by atoms with Gasteiger partial charge in [0.15, 0.2) is 10.9 Å². The van der Waals surface area contributed by atoms with E-state index in [0.29, 0.717) is 22.4 Å². The van der Waals surface area contributed by atoms with Crippen LogP contribution < -0.4 is 4.74 Å². The molecule has 2 aliphatic rings. The Kier molecular flexibility index (Phi) is 6.79. The number of aliphatic imine (C=N–C) groups is 1. The number of benzene rings is 2. The smallest absolute Gasteiger partial charge is 0.338 e. The van der Waals surface area contributed by atoms with E-state index in [1.807, 2.05) is 16.5 Å². The fourth-order valence-corrected chi connectivity index (χ4v) is 4.94. The molecule has 5 nitrogen and oxygen atoms in total. The number of esters is 1. The van der Waals surface area contributed by atoms with E-state index in [-0.39, 0.29) is 34.8 Å². The fraction of sp³-hybridized carbons (Fsp3) is 0.217. The van der Waals surface area contributed by atoms with E-state index in [1.165, 1.54) is 17.8 Å². The number of thioether (sulfide) groups is 1. The van der Waals surface area contributed by atoms with Gasteiger partial charge in [0, 0.05) is 11.8 Å². The molecule has 0 aliphatic carbocycles. The van der Waals surface area contributed by atoms with Gasteiger partial charge in [-0.15, -0.1) is 0 Å². The summed E-state index contributed by atoms with van der Waals surface area (Å²) in [6.45, 7) is 3.75. The van der Waals surface area contributed by atoms with Crippen LogP contribution in [0, 0.1) is 5.82 Å². The maximum absolute atomic E-state index is 13.9. The Morgan fingerprint density at radius 3 is 2.66 bits per heavy atom. The minimum absolute atomic E-state index is 0.0235. The molecule has 0 amide bonds. The molecule has 0 saturated heterocycles. The lowest BCUT2D eigenvalue weighted by Crippen LogP contribution is -2.34. The van der Waals surface area contributed by atoms with E-state index in [4.69, 9.17) is 32.7 Å². The van der Waals surface area contributed by atoms with Crippen molar-refractivity contribution in [2.75, 3.05) is 6.61 Å². The van der Waals surface area contributed by atoms with Crippen LogP contribution in [0.25, 0.3) is 0 Å². The third-order valence-electron chi connectivity index (χ3n) is 4.98. The van der Waals surface area contributed by atoms with Crippen LogP contribution in [0.2, 0.25) is 10.0 Å². The molecular formula is C23H19Cl2FN2O3S. The van der Waals surface area contributed by atoms with Crippen molar-refractivity contribution in [2.24, 2.45) is 4.99 Å². The summed E-state index contributed by atoms with van der Waals surface area (Å²) in [6.07, 6.45) is 1.85. The molecule has 0 aromatic heterocycles. The zero-order valence-electron chi connectivity index (χ0n) is 17.3. The van der Waals surface area contributed by atoms with Crippen LogP contribution in [0.3, 0.4) is 0 Å². The first-order valence-corrected chi connectivity index (χ1v) is 11.5. The molecule has 2 aromatic rings. The largest absolute Gasteiger partial charge is 0.486 e. The molecule has 0 saturated carbocycles. The van der Waals surface area contributed by atoms with Crippen LogP contribution in [-0.4, -0.2) is 22.6 Å². The SMILES string of the molecule is CCOC(=O)C1=C(C)N=C2SC=CN2[C@H]1c1cc(Cl)c(OCc2ccccc2F)c(Cl)c1. The van der Waals surface area contributed by atoms with Crippen molar-refractivity contribution in [1.29, 1.82) is 0 Å². The zero-order valence-corrected chi connectivity index (χ0v) is 19.6. The number of carbonyl (C=O) groups excluding carboxylic acids is 1. The fourth-order valence-electron chi connectivity index (χ4n) is 3.54. The summed E-state index contributed by atoms with van der Waals surface area (Å²) in [6, 6.07) is 9.21. The molecule has 0 radical (unpaired) electrons. The molecule has 9 heteroatoms. The highest BCUT2D eigenvalue weighted by atomic mass is 35.5. The molecule has 2 aromatic carbocycles. The molecule has 32 heavy (non-hydrogen) atoms. The number of nitrogens with zero attached hydrogens (tertiary/aromatic N) is 2. The third-order valence-corrected chi connectivity index (χ3v) is 6.31. The maximum Gasteiger partial charge on any atom is 0.338 e. The Hall–Kier alpha value is -2.48. The quantitative estimate of drug-likeness (QED) is 0.432. The molecule has 0 spiro atoms. The molecule has 0 unspecified atom stereocenters. The molecule has 1 atom stereocenters. The van der Waals surface area contributed by atoms with Crippen LogP contribution in [-0.2, 0) is 16.1 Å². The number of carbonyl (C=O) groups is 1. The van der Waals surface area contributed by atoms with Gasteiger partial charge in [-0.3, -0.25) is 0 Å². The van der Waals surface area contributed by atoms with Crippen LogP contribution in [0.4, 0.5) is 4.39 Å². The lowest BCUT2D eigenvalue weighted by molar-refractivity contribution is -0.139. The number of hydrogen-bond acceptors (Lipinski definition) is 6. The Bertz CT molecular complexity index is 1140. The average Bonchev–Trinajstić information content (AvgIpc) is 3.21. The molecule has 0 bridgehead atoms. The Morgan fingerprint density at radius 1 is 1.25 bits per heavy atom. The monoisotopic (exact) mass is 492 g/mol. The first-order valence-electron chi connectivity index (χ1n) is 9.84. The van der Waals surface area contributed by atoms with Gasteiger partial charge in [-0.25, -0.2) is 14.2 Å². The van der Waals surface area contributed by atoms with E-state index < -0.39 is 12.0 Å². The van der Waals surface area contributed by atoms with Crippen LogP contribution >= 0.6 is 35.0 Å². The second kappa shape index (κ2) is 9.57. The number of hydrogen-bond donors (Lipinski definition) is 0. The Balaban J connectivity index is 1.69. The van der Waals surface area contributed by atoms with E-state index in [1.54, 1.807) is 44.2 Å². The normalized spacial score (nSPS) is 17.3. The van der Waals surface area contributed by atoms with Crippen molar-refractivity contribution in [2.45, 2.75) is 26.5 Å². The number of rotatable bonds is 6. The molecule has 4 rings (SSSR count). The highest BCUT2D eigenvalue weighted by Gasteiger charge is 2.38.